The fraction of sp³-hybridized carbons (Fsp3) is 0.125. The zero-order valence-electron chi connectivity index (χ0n) is 12.3. The highest BCUT2D eigenvalue weighted by molar-refractivity contribution is 6.44. The van der Waals surface area contributed by atoms with E-state index in [2.05, 4.69) is 10.6 Å². The summed E-state index contributed by atoms with van der Waals surface area (Å²) in [4.78, 5) is 25.7. The molecule has 2 aromatic rings. The Labute approximate surface area is 133 Å². The van der Waals surface area contributed by atoms with Gasteiger partial charge in [0.05, 0.1) is 10.7 Å². The molecule has 0 spiro atoms. The quantitative estimate of drug-likeness (QED) is 0.856. The van der Waals surface area contributed by atoms with Crippen molar-refractivity contribution in [3.8, 4) is 0 Å². The SMILES string of the molecule is CN(C)c1cccc(NC(=O)C(=O)Nc2ccccc2Cl)c1. The number of carbonyl (C=O) groups is 2. The Morgan fingerprint density at radius 1 is 0.955 bits per heavy atom. The summed E-state index contributed by atoms with van der Waals surface area (Å²) in [7, 11) is 3.79. The van der Waals surface area contributed by atoms with Crippen LogP contribution in [-0.2, 0) is 9.59 Å². The lowest BCUT2D eigenvalue weighted by Crippen LogP contribution is -2.29. The first-order valence-electron chi connectivity index (χ1n) is 6.61. The molecule has 0 radical (unpaired) electrons. The maximum atomic E-state index is 11.9. The maximum absolute atomic E-state index is 11.9. The van der Waals surface area contributed by atoms with E-state index in [4.69, 9.17) is 11.6 Å². The number of carbonyl (C=O) groups excluding carboxylic acids is 2. The van der Waals surface area contributed by atoms with Crippen LogP contribution in [0.4, 0.5) is 17.1 Å². The Kier molecular flexibility index (Phi) is 5.01. The van der Waals surface area contributed by atoms with Gasteiger partial charge in [0, 0.05) is 25.5 Å². The minimum atomic E-state index is -0.775. The fourth-order valence-corrected chi connectivity index (χ4v) is 1.97. The van der Waals surface area contributed by atoms with E-state index in [1.807, 2.05) is 25.1 Å². The Morgan fingerprint density at radius 2 is 1.64 bits per heavy atom. The second-order valence-electron chi connectivity index (χ2n) is 4.83. The number of amides is 2. The topological polar surface area (TPSA) is 61.4 Å². The van der Waals surface area contributed by atoms with Crippen molar-refractivity contribution in [2.75, 3.05) is 29.6 Å². The molecule has 0 aromatic heterocycles. The molecule has 0 bridgehead atoms. The van der Waals surface area contributed by atoms with Crippen LogP contribution in [0.25, 0.3) is 0 Å². The summed E-state index contributed by atoms with van der Waals surface area (Å²) in [6.07, 6.45) is 0. The molecule has 2 N–H and O–H groups in total. The van der Waals surface area contributed by atoms with Crippen LogP contribution >= 0.6 is 11.6 Å². The van der Waals surface area contributed by atoms with E-state index >= 15 is 0 Å². The van der Waals surface area contributed by atoms with Gasteiger partial charge in [-0.2, -0.15) is 0 Å². The van der Waals surface area contributed by atoms with Crippen LogP contribution in [0.1, 0.15) is 0 Å². The predicted octanol–water partition coefficient (Wildman–Crippen LogP) is 2.98. The van der Waals surface area contributed by atoms with Gasteiger partial charge in [-0.1, -0.05) is 29.8 Å². The minimum absolute atomic E-state index is 0.373. The number of halogens is 1. The molecule has 114 valence electrons. The summed E-state index contributed by atoms with van der Waals surface area (Å²) in [5.74, 6) is -1.53. The molecule has 2 aromatic carbocycles. The third kappa shape index (κ3) is 3.99. The molecule has 5 nitrogen and oxygen atoms in total. The molecule has 0 fully saturated rings. The molecule has 0 aliphatic rings. The molecule has 22 heavy (non-hydrogen) atoms. The minimum Gasteiger partial charge on any atom is -0.378 e. The van der Waals surface area contributed by atoms with Crippen molar-refractivity contribution in [2.45, 2.75) is 0 Å². The van der Waals surface area contributed by atoms with Crippen LogP contribution in [0, 0.1) is 0 Å². The second kappa shape index (κ2) is 6.95. The summed E-state index contributed by atoms with van der Waals surface area (Å²) in [6, 6.07) is 13.9. The van der Waals surface area contributed by atoms with Gasteiger partial charge >= 0.3 is 11.8 Å². The van der Waals surface area contributed by atoms with Gasteiger partial charge in [0.25, 0.3) is 0 Å². The van der Waals surface area contributed by atoms with Gasteiger partial charge in [-0.05, 0) is 30.3 Å². The third-order valence-electron chi connectivity index (χ3n) is 2.95. The molecule has 0 saturated carbocycles. The summed E-state index contributed by atoms with van der Waals surface area (Å²) >= 11 is 5.94. The number of para-hydroxylation sites is 1. The Hall–Kier alpha value is -2.53. The first-order valence-corrected chi connectivity index (χ1v) is 6.99. The smallest absolute Gasteiger partial charge is 0.314 e. The lowest BCUT2D eigenvalue weighted by molar-refractivity contribution is -0.132. The van der Waals surface area contributed by atoms with E-state index < -0.39 is 11.8 Å². The number of nitrogens with one attached hydrogen (secondary N) is 2. The van der Waals surface area contributed by atoms with Crippen molar-refractivity contribution in [1.82, 2.24) is 0 Å². The van der Waals surface area contributed by atoms with E-state index in [0.717, 1.165) is 5.69 Å². The first-order chi connectivity index (χ1) is 10.5. The molecule has 2 rings (SSSR count). The number of rotatable bonds is 3. The van der Waals surface area contributed by atoms with Gasteiger partial charge in [-0.25, -0.2) is 0 Å². The molecule has 0 atom stereocenters. The molecular formula is C16H16ClN3O2. The fourth-order valence-electron chi connectivity index (χ4n) is 1.79. The monoisotopic (exact) mass is 317 g/mol. The van der Waals surface area contributed by atoms with Gasteiger partial charge < -0.3 is 15.5 Å². The van der Waals surface area contributed by atoms with Crippen molar-refractivity contribution in [2.24, 2.45) is 0 Å². The van der Waals surface area contributed by atoms with Gasteiger partial charge in [-0.15, -0.1) is 0 Å². The summed E-state index contributed by atoms with van der Waals surface area (Å²) in [6.45, 7) is 0. The molecule has 0 unspecified atom stereocenters. The summed E-state index contributed by atoms with van der Waals surface area (Å²) in [5, 5.41) is 5.40. The molecule has 0 aliphatic heterocycles. The van der Waals surface area contributed by atoms with Crippen molar-refractivity contribution in [3.05, 3.63) is 53.6 Å². The van der Waals surface area contributed by atoms with Crippen LogP contribution in [0.3, 0.4) is 0 Å². The van der Waals surface area contributed by atoms with E-state index in [-0.39, 0.29) is 0 Å². The van der Waals surface area contributed by atoms with Crippen molar-refractivity contribution in [3.63, 3.8) is 0 Å². The third-order valence-corrected chi connectivity index (χ3v) is 3.28. The largest absolute Gasteiger partial charge is 0.378 e. The molecule has 0 heterocycles. The van der Waals surface area contributed by atoms with Gasteiger partial charge in [-0.3, -0.25) is 9.59 Å². The van der Waals surface area contributed by atoms with Crippen LogP contribution in [0.5, 0.6) is 0 Å². The van der Waals surface area contributed by atoms with E-state index in [1.165, 1.54) is 0 Å². The lowest BCUT2D eigenvalue weighted by atomic mass is 10.2. The average Bonchev–Trinajstić information content (AvgIpc) is 2.49. The Bertz CT molecular complexity index is 701. The highest BCUT2D eigenvalue weighted by Crippen LogP contribution is 2.21. The zero-order valence-corrected chi connectivity index (χ0v) is 13.0. The highest BCUT2D eigenvalue weighted by atomic mass is 35.5. The normalized spacial score (nSPS) is 9.95. The number of nitrogens with zero attached hydrogens (tertiary/aromatic N) is 1. The Morgan fingerprint density at radius 3 is 2.32 bits per heavy atom. The van der Waals surface area contributed by atoms with Crippen LogP contribution in [-0.4, -0.2) is 25.9 Å². The molecule has 6 heteroatoms. The van der Waals surface area contributed by atoms with Gasteiger partial charge in [0.15, 0.2) is 0 Å². The van der Waals surface area contributed by atoms with Crippen LogP contribution < -0.4 is 15.5 Å². The van der Waals surface area contributed by atoms with Crippen LogP contribution in [0.2, 0.25) is 5.02 Å². The van der Waals surface area contributed by atoms with Gasteiger partial charge in [0.1, 0.15) is 0 Å². The molecule has 2 amide bonds. The number of hydrogen-bond acceptors (Lipinski definition) is 3. The van der Waals surface area contributed by atoms with E-state index in [9.17, 15) is 9.59 Å². The molecular weight excluding hydrogens is 302 g/mol. The molecule has 0 aliphatic carbocycles. The van der Waals surface area contributed by atoms with E-state index in [0.29, 0.717) is 16.4 Å². The van der Waals surface area contributed by atoms with Crippen LogP contribution in [0.15, 0.2) is 48.5 Å². The zero-order chi connectivity index (χ0) is 16.1. The summed E-state index contributed by atoms with van der Waals surface area (Å²) in [5.41, 5.74) is 1.86. The van der Waals surface area contributed by atoms with Crippen molar-refractivity contribution in [1.29, 1.82) is 0 Å². The standard InChI is InChI=1S/C16H16ClN3O2/c1-20(2)12-7-5-6-11(10-12)18-15(21)16(22)19-14-9-4-3-8-13(14)17/h3-10H,1-2H3,(H,18,21)(H,19,22). The number of hydrogen-bond donors (Lipinski definition) is 2. The van der Waals surface area contributed by atoms with Crippen molar-refractivity contribution < 1.29 is 9.59 Å². The average molecular weight is 318 g/mol. The van der Waals surface area contributed by atoms with E-state index in [1.54, 1.807) is 42.5 Å². The predicted molar refractivity (Wildman–Crippen MR) is 89.5 cm³/mol. The first kappa shape index (κ1) is 15.9. The van der Waals surface area contributed by atoms with Crippen molar-refractivity contribution >= 4 is 40.5 Å². The summed E-state index contributed by atoms with van der Waals surface area (Å²) < 4.78 is 0. The highest BCUT2D eigenvalue weighted by Gasteiger charge is 2.15. The van der Waals surface area contributed by atoms with Gasteiger partial charge in [0.2, 0.25) is 0 Å². The lowest BCUT2D eigenvalue weighted by Gasteiger charge is -2.14. The number of anilines is 3. The molecule has 0 saturated heterocycles. The maximum Gasteiger partial charge on any atom is 0.314 e. The Balaban J connectivity index is 2.04. The second-order valence-corrected chi connectivity index (χ2v) is 5.24. The number of benzene rings is 2.